The summed E-state index contributed by atoms with van der Waals surface area (Å²) in [5.74, 6) is 0.672. The molecule has 0 bridgehead atoms. The van der Waals surface area contributed by atoms with Gasteiger partial charge in [0.25, 0.3) is 0 Å². The first kappa shape index (κ1) is 9.40. The van der Waals surface area contributed by atoms with E-state index in [4.69, 9.17) is 11.6 Å². The zero-order chi connectivity index (χ0) is 10.3. The van der Waals surface area contributed by atoms with Crippen molar-refractivity contribution in [2.45, 2.75) is 26.8 Å². The molecule has 0 saturated heterocycles. The largest absolute Gasteiger partial charge is 0.267 e. The van der Waals surface area contributed by atoms with E-state index in [1.807, 2.05) is 17.8 Å². The van der Waals surface area contributed by atoms with Crippen LogP contribution in [-0.2, 0) is 0 Å². The summed E-state index contributed by atoms with van der Waals surface area (Å²) < 4.78 is 1.84. The number of hydrogen-bond donors (Lipinski definition) is 0. The molecule has 2 aromatic rings. The van der Waals surface area contributed by atoms with Crippen molar-refractivity contribution in [1.82, 2.24) is 19.7 Å². The van der Waals surface area contributed by atoms with Crippen molar-refractivity contribution in [3.8, 4) is 0 Å². The average Bonchev–Trinajstić information content (AvgIpc) is 2.47. The Morgan fingerprint density at radius 1 is 1.36 bits per heavy atom. The SMILES string of the molecule is Cc1nc(Cl)c2nn(C(C)C)cc2n1. The predicted molar refractivity (Wildman–Crippen MR) is 55.5 cm³/mol. The Morgan fingerprint density at radius 2 is 2.07 bits per heavy atom. The lowest BCUT2D eigenvalue weighted by atomic mass is 10.4. The Labute approximate surface area is 86.9 Å². The molecule has 0 N–H and O–H groups in total. The lowest BCUT2D eigenvalue weighted by Gasteiger charge is -2.01. The van der Waals surface area contributed by atoms with E-state index in [0.717, 1.165) is 5.52 Å². The second kappa shape index (κ2) is 3.20. The summed E-state index contributed by atoms with van der Waals surface area (Å²) in [7, 11) is 0. The molecule has 2 heterocycles. The molecule has 0 radical (unpaired) electrons. The van der Waals surface area contributed by atoms with Crippen LogP contribution >= 0.6 is 11.6 Å². The van der Waals surface area contributed by atoms with E-state index in [-0.39, 0.29) is 0 Å². The van der Waals surface area contributed by atoms with E-state index in [0.29, 0.717) is 22.5 Å². The smallest absolute Gasteiger partial charge is 0.160 e. The minimum Gasteiger partial charge on any atom is -0.267 e. The summed E-state index contributed by atoms with van der Waals surface area (Å²) in [4.78, 5) is 8.31. The molecule has 2 aromatic heterocycles. The molecular formula is C9H11ClN4. The lowest BCUT2D eigenvalue weighted by molar-refractivity contribution is 0.537. The first-order valence-corrected chi connectivity index (χ1v) is 4.84. The van der Waals surface area contributed by atoms with Crippen LogP contribution in [0.25, 0.3) is 11.0 Å². The number of rotatable bonds is 1. The van der Waals surface area contributed by atoms with Crippen LogP contribution in [-0.4, -0.2) is 19.7 Å². The van der Waals surface area contributed by atoms with E-state index < -0.39 is 0 Å². The average molecular weight is 211 g/mol. The van der Waals surface area contributed by atoms with Crippen LogP contribution in [0.3, 0.4) is 0 Å². The topological polar surface area (TPSA) is 43.6 Å². The third kappa shape index (κ3) is 1.46. The maximum absolute atomic E-state index is 5.95. The fraction of sp³-hybridized carbons (Fsp3) is 0.444. The zero-order valence-corrected chi connectivity index (χ0v) is 9.08. The summed E-state index contributed by atoms with van der Waals surface area (Å²) in [6.45, 7) is 5.93. The van der Waals surface area contributed by atoms with Crippen LogP contribution in [0, 0.1) is 6.92 Å². The summed E-state index contributed by atoms with van der Waals surface area (Å²) >= 11 is 5.95. The van der Waals surface area contributed by atoms with Crippen molar-refractivity contribution in [2.75, 3.05) is 0 Å². The van der Waals surface area contributed by atoms with Crippen LogP contribution in [0.5, 0.6) is 0 Å². The maximum atomic E-state index is 5.95. The Bertz CT molecular complexity index is 475. The van der Waals surface area contributed by atoms with E-state index in [2.05, 4.69) is 28.9 Å². The Kier molecular flexibility index (Phi) is 2.15. The normalized spacial score (nSPS) is 11.5. The van der Waals surface area contributed by atoms with Crippen molar-refractivity contribution in [1.29, 1.82) is 0 Å². The Hall–Kier alpha value is -1.16. The monoisotopic (exact) mass is 210 g/mol. The van der Waals surface area contributed by atoms with Gasteiger partial charge in [-0.05, 0) is 20.8 Å². The molecule has 5 heteroatoms. The minimum absolute atomic E-state index is 0.306. The van der Waals surface area contributed by atoms with E-state index in [1.165, 1.54) is 0 Å². The summed E-state index contributed by atoms with van der Waals surface area (Å²) in [6, 6.07) is 0.306. The van der Waals surface area contributed by atoms with Gasteiger partial charge in [-0.15, -0.1) is 0 Å². The van der Waals surface area contributed by atoms with Crippen LogP contribution in [0.2, 0.25) is 5.15 Å². The van der Waals surface area contributed by atoms with Crippen molar-refractivity contribution < 1.29 is 0 Å². The molecule has 0 aliphatic rings. The summed E-state index contributed by atoms with van der Waals surface area (Å²) in [5.41, 5.74) is 1.47. The van der Waals surface area contributed by atoms with Gasteiger partial charge < -0.3 is 0 Å². The van der Waals surface area contributed by atoms with Crippen molar-refractivity contribution in [2.24, 2.45) is 0 Å². The first-order chi connectivity index (χ1) is 6.58. The van der Waals surface area contributed by atoms with Gasteiger partial charge in [0.15, 0.2) is 5.15 Å². The molecule has 4 nitrogen and oxygen atoms in total. The van der Waals surface area contributed by atoms with E-state index in [1.54, 1.807) is 0 Å². The number of nitrogens with zero attached hydrogens (tertiary/aromatic N) is 4. The zero-order valence-electron chi connectivity index (χ0n) is 8.32. The van der Waals surface area contributed by atoms with Crippen molar-refractivity contribution in [3.05, 3.63) is 17.2 Å². The van der Waals surface area contributed by atoms with Gasteiger partial charge in [-0.3, -0.25) is 4.68 Å². The summed E-state index contributed by atoms with van der Waals surface area (Å²) in [6.07, 6.45) is 1.89. The highest BCUT2D eigenvalue weighted by Gasteiger charge is 2.09. The fourth-order valence-corrected chi connectivity index (χ4v) is 1.53. The molecule has 0 amide bonds. The van der Waals surface area contributed by atoms with Gasteiger partial charge in [0.1, 0.15) is 16.9 Å². The molecule has 0 unspecified atom stereocenters. The number of halogens is 1. The second-order valence-corrected chi connectivity index (χ2v) is 3.86. The molecule has 14 heavy (non-hydrogen) atoms. The molecule has 0 aliphatic carbocycles. The number of fused-ring (bicyclic) bond motifs is 1. The number of aromatic nitrogens is 4. The highest BCUT2D eigenvalue weighted by atomic mass is 35.5. The highest BCUT2D eigenvalue weighted by Crippen LogP contribution is 2.19. The van der Waals surface area contributed by atoms with E-state index >= 15 is 0 Å². The fourth-order valence-electron chi connectivity index (χ4n) is 1.27. The molecule has 0 aliphatic heterocycles. The minimum atomic E-state index is 0.306. The molecule has 0 saturated carbocycles. The van der Waals surface area contributed by atoms with Gasteiger partial charge in [0, 0.05) is 6.04 Å². The second-order valence-electron chi connectivity index (χ2n) is 3.50. The van der Waals surface area contributed by atoms with Crippen molar-refractivity contribution >= 4 is 22.6 Å². The van der Waals surface area contributed by atoms with Gasteiger partial charge in [0.2, 0.25) is 0 Å². The van der Waals surface area contributed by atoms with Gasteiger partial charge in [0.05, 0.1) is 6.20 Å². The molecule has 0 atom stereocenters. The highest BCUT2D eigenvalue weighted by molar-refractivity contribution is 6.33. The molecule has 2 rings (SSSR count). The Morgan fingerprint density at radius 3 is 2.71 bits per heavy atom. The molecule has 0 fully saturated rings. The quantitative estimate of drug-likeness (QED) is 0.679. The standard InChI is InChI=1S/C9H11ClN4/c1-5(2)14-4-7-8(13-14)9(10)12-6(3)11-7/h4-5H,1-3H3. The van der Waals surface area contributed by atoms with Gasteiger partial charge in [-0.2, -0.15) is 5.10 Å². The van der Waals surface area contributed by atoms with Gasteiger partial charge >= 0.3 is 0 Å². The van der Waals surface area contributed by atoms with Gasteiger partial charge in [-0.1, -0.05) is 11.6 Å². The van der Waals surface area contributed by atoms with Crippen LogP contribution in [0.4, 0.5) is 0 Å². The lowest BCUT2D eigenvalue weighted by Crippen LogP contribution is -2.00. The van der Waals surface area contributed by atoms with E-state index in [9.17, 15) is 0 Å². The predicted octanol–water partition coefficient (Wildman–Crippen LogP) is 2.37. The third-order valence-electron chi connectivity index (χ3n) is 1.98. The van der Waals surface area contributed by atoms with Crippen LogP contribution in [0.15, 0.2) is 6.20 Å². The molecule has 0 aromatic carbocycles. The number of aryl methyl sites for hydroxylation is 1. The third-order valence-corrected chi connectivity index (χ3v) is 2.24. The molecular weight excluding hydrogens is 200 g/mol. The molecule has 74 valence electrons. The number of hydrogen-bond acceptors (Lipinski definition) is 3. The molecule has 0 spiro atoms. The summed E-state index contributed by atoms with van der Waals surface area (Å²) in [5, 5.41) is 4.74. The van der Waals surface area contributed by atoms with Gasteiger partial charge in [-0.25, -0.2) is 9.97 Å². The van der Waals surface area contributed by atoms with Crippen LogP contribution < -0.4 is 0 Å². The van der Waals surface area contributed by atoms with Crippen LogP contribution in [0.1, 0.15) is 25.7 Å². The maximum Gasteiger partial charge on any atom is 0.160 e. The van der Waals surface area contributed by atoms with Crippen molar-refractivity contribution in [3.63, 3.8) is 0 Å². The Balaban J connectivity index is 2.70. The first-order valence-electron chi connectivity index (χ1n) is 4.47.